The summed E-state index contributed by atoms with van der Waals surface area (Å²) in [5, 5.41) is 1.84. The van der Waals surface area contributed by atoms with Gasteiger partial charge in [-0.2, -0.15) is 0 Å². The van der Waals surface area contributed by atoms with E-state index in [-0.39, 0.29) is 11.9 Å². The monoisotopic (exact) mass is 290 g/mol. The molecule has 1 fully saturated rings. The molecule has 2 aromatic rings. The second kappa shape index (κ2) is 5.02. The Bertz CT molecular complexity index is 681. The number of carbonyl (C=O) groups excluding carboxylic acids is 1. The molecule has 0 bridgehead atoms. The summed E-state index contributed by atoms with van der Waals surface area (Å²) in [6.45, 7) is 3.71. The van der Waals surface area contributed by atoms with Gasteiger partial charge < -0.3 is 4.74 Å². The minimum Gasteiger partial charge on any atom is -0.474 e. The van der Waals surface area contributed by atoms with E-state index in [4.69, 9.17) is 16.3 Å². The van der Waals surface area contributed by atoms with Crippen molar-refractivity contribution in [2.24, 2.45) is 5.92 Å². The van der Waals surface area contributed by atoms with Gasteiger partial charge in [0.1, 0.15) is 11.3 Å². The predicted octanol–water partition coefficient (Wildman–Crippen LogP) is 3.66. The van der Waals surface area contributed by atoms with Gasteiger partial charge in [-0.25, -0.2) is 9.97 Å². The van der Waals surface area contributed by atoms with Crippen LogP contribution in [0.5, 0.6) is 5.88 Å². The van der Waals surface area contributed by atoms with Crippen LogP contribution in [0.15, 0.2) is 18.5 Å². The molecule has 1 aliphatic carbocycles. The maximum absolute atomic E-state index is 11.7. The fraction of sp³-hybridized carbons (Fsp3) is 0.400. The number of fused-ring (bicyclic) bond motifs is 1. The number of hydrogen-bond donors (Lipinski definition) is 0. The van der Waals surface area contributed by atoms with Crippen molar-refractivity contribution in [2.75, 3.05) is 0 Å². The van der Waals surface area contributed by atoms with Crippen LogP contribution in [0.25, 0.3) is 10.8 Å². The molecule has 0 saturated heterocycles. The molecule has 0 unspecified atom stereocenters. The van der Waals surface area contributed by atoms with Gasteiger partial charge in [0, 0.05) is 23.3 Å². The lowest BCUT2D eigenvalue weighted by Crippen LogP contribution is -2.32. The Balaban J connectivity index is 2.05. The molecule has 0 spiro atoms. The van der Waals surface area contributed by atoms with E-state index in [0.29, 0.717) is 22.5 Å². The molecule has 2 heterocycles. The van der Waals surface area contributed by atoms with Crippen LogP contribution >= 0.6 is 11.6 Å². The minimum atomic E-state index is -0.0476. The zero-order chi connectivity index (χ0) is 14.3. The molecule has 1 aliphatic rings. The van der Waals surface area contributed by atoms with Gasteiger partial charge in [-0.05, 0) is 31.7 Å². The number of hydrogen-bond acceptors (Lipinski definition) is 4. The van der Waals surface area contributed by atoms with Crippen molar-refractivity contribution in [2.45, 2.75) is 32.8 Å². The van der Waals surface area contributed by atoms with E-state index in [1.54, 1.807) is 18.5 Å². The Hall–Kier alpha value is -1.68. The molecule has 104 valence electrons. The van der Waals surface area contributed by atoms with E-state index >= 15 is 0 Å². The summed E-state index contributed by atoms with van der Waals surface area (Å²) >= 11 is 5.93. The topological polar surface area (TPSA) is 52.1 Å². The first kappa shape index (κ1) is 13.3. The molecule has 20 heavy (non-hydrogen) atoms. The molecule has 2 aromatic heterocycles. The summed E-state index contributed by atoms with van der Waals surface area (Å²) in [6, 6.07) is 1.69. The molecule has 0 atom stereocenters. The second-order valence-electron chi connectivity index (χ2n) is 5.40. The van der Waals surface area contributed by atoms with E-state index in [2.05, 4.69) is 16.9 Å². The molecule has 5 heteroatoms. The number of Topliss-reactive ketones (excluding diaryl/α,β-unsaturated/α-hetero) is 1. The largest absolute Gasteiger partial charge is 0.474 e. The van der Waals surface area contributed by atoms with Crippen molar-refractivity contribution < 1.29 is 9.53 Å². The lowest BCUT2D eigenvalue weighted by atomic mass is 9.84. The maximum atomic E-state index is 11.7. The van der Waals surface area contributed by atoms with Crippen molar-refractivity contribution in [3.8, 4) is 5.88 Å². The van der Waals surface area contributed by atoms with Crippen LogP contribution in [-0.4, -0.2) is 21.9 Å². The van der Waals surface area contributed by atoms with E-state index in [1.807, 2.05) is 0 Å². The van der Waals surface area contributed by atoms with Crippen LogP contribution in [0.3, 0.4) is 0 Å². The fourth-order valence-corrected chi connectivity index (χ4v) is 2.70. The summed E-state index contributed by atoms with van der Waals surface area (Å²) in [5.41, 5.74) is 0.540. The van der Waals surface area contributed by atoms with Gasteiger partial charge in [-0.15, -0.1) is 0 Å². The van der Waals surface area contributed by atoms with Crippen LogP contribution in [0.2, 0.25) is 5.15 Å². The van der Waals surface area contributed by atoms with Crippen LogP contribution in [-0.2, 0) is 0 Å². The van der Waals surface area contributed by atoms with Crippen LogP contribution in [0.1, 0.15) is 37.0 Å². The van der Waals surface area contributed by atoms with Gasteiger partial charge in [0.2, 0.25) is 5.88 Å². The van der Waals surface area contributed by atoms with Gasteiger partial charge in [0.05, 0.1) is 5.39 Å². The van der Waals surface area contributed by atoms with E-state index in [9.17, 15) is 4.79 Å². The van der Waals surface area contributed by atoms with Gasteiger partial charge >= 0.3 is 0 Å². The van der Waals surface area contributed by atoms with Crippen molar-refractivity contribution in [3.63, 3.8) is 0 Å². The van der Waals surface area contributed by atoms with Gasteiger partial charge in [0.25, 0.3) is 0 Å². The van der Waals surface area contributed by atoms with Gasteiger partial charge in [-0.3, -0.25) is 4.79 Å². The predicted molar refractivity (Wildman–Crippen MR) is 77.4 cm³/mol. The average molecular weight is 291 g/mol. The average Bonchev–Trinajstić information content (AvgIpc) is 2.36. The number of rotatable bonds is 3. The van der Waals surface area contributed by atoms with Crippen molar-refractivity contribution >= 4 is 28.2 Å². The first-order valence-corrected chi connectivity index (χ1v) is 7.04. The molecule has 0 aliphatic heterocycles. The van der Waals surface area contributed by atoms with Crippen molar-refractivity contribution in [1.29, 1.82) is 0 Å². The normalized spacial score (nSPS) is 21.6. The lowest BCUT2D eigenvalue weighted by Gasteiger charge is -2.32. The summed E-state index contributed by atoms with van der Waals surface area (Å²) in [4.78, 5) is 20.0. The molecule has 1 saturated carbocycles. The number of carbonyl (C=O) groups is 1. The summed E-state index contributed by atoms with van der Waals surface area (Å²) in [5.74, 6) is 1.19. The Morgan fingerprint density at radius 3 is 2.70 bits per heavy atom. The summed E-state index contributed by atoms with van der Waals surface area (Å²) in [6.07, 6.45) is 5.46. The number of ether oxygens (including phenoxy) is 1. The summed E-state index contributed by atoms with van der Waals surface area (Å²) < 4.78 is 5.90. The number of pyridine rings is 2. The quantitative estimate of drug-likeness (QED) is 0.639. The molecule has 0 radical (unpaired) electrons. The SMILES string of the molecule is CC(=O)c1cnc(O[C@H]2C[C@H](C)C2)c2cnc(Cl)cc12. The molecule has 3 rings (SSSR count). The van der Waals surface area contributed by atoms with E-state index < -0.39 is 0 Å². The zero-order valence-corrected chi connectivity index (χ0v) is 12.1. The Kier molecular flexibility index (Phi) is 3.34. The highest BCUT2D eigenvalue weighted by Gasteiger charge is 2.28. The fourth-order valence-electron chi connectivity index (χ4n) is 2.54. The Morgan fingerprint density at radius 2 is 2.05 bits per heavy atom. The van der Waals surface area contributed by atoms with Gasteiger partial charge in [0.15, 0.2) is 5.78 Å². The zero-order valence-electron chi connectivity index (χ0n) is 11.4. The molecular formula is C15H15ClN2O2. The van der Waals surface area contributed by atoms with E-state index in [1.165, 1.54) is 6.92 Å². The number of ketones is 1. The van der Waals surface area contributed by atoms with Crippen LogP contribution < -0.4 is 4.74 Å². The van der Waals surface area contributed by atoms with Crippen LogP contribution in [0, 0.1) is 5.92 Å². The summed E-state index contributed by atoms with van der Waals surface area (Å²) in [7, 11) is 0. The smallest absolute Gasteiger partial charge is 0.223 e. The molecule has 4 nitrogen and oxygen atoms in total. The molecular weight excluding hydrogens is 276 g/mol. The van der Waals surface area contributed by atoms with Crippen molar-refractivity contribution in [1.82, 2.24) is 9.97 Å². The highest BCUT2D eigenvalue weighted by atomic mass is 35.5. The highest BCUT2D eigenvalue weighted by Crippen LogP contribution is 2.34. The Morgan fingerprint density at radius 1 is 1.30 bits per heavy atom. The van der Waals surface area contributed by atoms with Gasteiger partial charge in [-0.1, -0.05) is 18.5 Å². The third kappa shape index (κ3) is 2.36. The number of halogens is 1. The third-order valence-electron chi connectivity index (χ3n) is 3.69. The second-order valence-corrected chi connectivity index (χ2v) is 5.79. The van der Waals surface area contributed by atoms with E-state index in [0.717, 1.165) is 23.6 Å². The lowest BCUT2D eigenvalue weighted by molar-refractivity contribution is 0.0711. The standard InChI is InChI=1S/C15H15ClN2O2/c1-8-3-10(4-8)20-15-13-7-17-14(16)5-11(13)12(6-18-15)9(2)19/h5-8,10H,3-4H2,1-2H3/t8-,10-. The maximum Gasteiger partial charge on any atom is 0.223 e. The van der Waals surface area contributed by atoms with Crippen LogP contribution in [0.4, 0.5) is 0 Å². The minimum absolute atomic E-state index is 0.0476. The van der Waals surface area contributed by atoms with Crippen molar-refractivity contribution in [3.05, 3.63) is 29.2 Å². The molecule has 0 aromatic carbocycles. The first-order chi connectivity index (χ1) is 9.54. The molecule has 0 N–H and O–H groups in total. The highest BCUT2D eigenvalue weighted by molar-refractivity contribution is 6.30. The Labute approximate surface area is 122 Å². The molecule has 0 amide bonds. The third-order valence-corrected chi connectivity index (χ3v) is 3.90. The number of aromatic nitrogens is 2. The first-order valence-electron chi connectivity index (χ1n) is 6.66. The number of nitrogens with zero attached hydrogens (tertiary/aromatic N) is 2.